The average Bonchev–Trinajstić information content (AvgIpc) is 2.39. The van der Waals surface area contributed by atoms with E-state index >= 15 is 0 Å². The highest BCUT2D eigenvalue weighted by atomic mass is 16.5. The zero-order valence-electron chi connectivity index (χ0n) is 10.7. The van der Waals surface area contributed by atoms with E-state index in [0.717, 1.165) is 25.9 Å². The van der Waals surface area contributed by atoms with E-state index in [9.17, 15) is 4.79 Å². The molecule has 1 aromatic heterocycles. The van der Waals surface area contributed by atoms with Gasteiger partial charge in [-0.1, -0.05) is 0 Å². The highest BCUT2D eigenvalue weighted by Crippen LogP contribution is 2.16. The van der Waals surface area contributed by atoms with Crippen molar-refractivity contribution in [2.45, 2.75) is 25.9 Å². The van der Waals surface area contributed by atoms with Crippen LogP contribution in [0.15, 0.2) is 12.1 Å². The van der Waals surface area contributed by atoms with Crippen molar-refractivity contribution in [2.75, 3.05) is 20.2 Å². The van der Waals surface area contributed by atoms with Gasteiger partial charge in [0.1, 0.15) is 6.10 Å². The Morgan fingerprint density at radius 2 is 2.33 bits per heavy atom. The van der Waals surface area contributed by atoms with Gasteiger partial charge in [-0.25, -0.2) is 9.78 Å². The fourth-order valence-electron chi connectivity index (χ4n) is 2.02. The monoisotopic (exact) mass is 250 g/mol. The summed E-state index contributed by atoms with van der Waals surface area (Å²) in [6.07, 6.45) is 2.31. The number of aryl methyl sites for hydroxylation is 1. The van der Waals surface area contributed by atoms with E-state index in [4.69, 9.17) is 4.74 Å². The van der Waals surface area contributed by atoms with Gasteiger partial charge in [0, 0.05) is 12.6 Å². The molecule has 1 aliphatic heterocycles. The van der Waals surface area contributed by atoms with Crippen molar-refractivity contribution in [1.82, 2.24) is 10.3 Å². The van der Waals surface area contributed by atoms with Gasteiger partial charge in [-0.2, -0.15) is 0 Å². The van der Waals surface area contributed by atoms with Gasteiger partial charge in [0.2, 0.25) is 5.88 Å². The third-order valence-corrected chi connectivity index (χ3v) is 3.00. The molecule has 0 saturated carbocycles. The SMILES string of the molecule is COC(=O)c1ccc(O[C@H]2CCCNC2)nc1C. The normalized spacial score (nSPS) is 19.3. The lowest BCUT2D eigenvalue weighted by Crippen LogP contribution is -2.37. The fourth-order valence-corrected chi connectivity index (χ4v) is 2.02. The number of aromatic nitrogens is 1. The number of rotatable bonds is 3. The number of hydrogen-bond acceptors (Lipinski definition) is 5. The number of carbonyl (C=O) groups excluding carboxylic acids is 1. The highest BCUT2D eigenvalue weighted by Gasteiger charge is 2.16. The van der Waals surface area contributed by atoms with Gasteiger partial charge in [-0.3, -0.25) is 0 Å². The van der Waals surface area contributed by atoms with Crippen LogP contribution in [0.5, 0.6) is 5.88 Å². The number of methoxy groups -OCH3 is 1. The number of pyridine rings is 1. The smallest absolute Gasteiger partial charge is 0.339 e. The molecule has 2 rings (SSSR count). The van der Waals surface area contributed by atoms with Crippen LogP contribution in [0.1, 0.15) is 28.9 Å². The third kappa shape index (κ3) is 2.98. The van der Waals surface area contributed by atoms with E-state index in [0.29, 0.717) is 17.1 Å². The Bertz CT molecular complexity index is 428. The lowest BCUT2D eigenvalue weighted by Gasteiger charge is -2.23. The maximum atomic E-state index is 11.4. The van der Waals surface area contributed by atoms with E-state index in [1.165, 1.54) is 7.11 Å². The lowest BCUT2D eigenvalue weighted by molar-refractivity contribution is 0.0599. The van der Waals surface area contributed by atoms with Gasteiger partial charge in [-0.05, 0) is 32.4 Å². The van der Waals surface area contributed by atoms with Crippen LogP contribution in [0.25, 0.3) is 0 Å². The molecule has 0 aromatic carbocycles. The van der Waals surface area contributed by atoms with Gasteiger partial charge >= 0.3 is 5.97 Å². The second kappa shape index (κ2) is 5.82. The van der Waals surface area contributed by atoms with Gasteiger partial charge < -0.3 is 14.8 Å². The van der Waals surface area contributed by atoms with Crippen LogP contribution in [0.2, 0.25) is 0 Å². The Balaban J connectivity index is 2.06. The van der Waals surface area contributed by atoms with Crippen LogP contribution in [-0.4, -0.2) is 37.3 Å². The molecule has 5 nitrogen and oxygen atoms in total. The third-order valence-electron chi connectivity index (χ3n) is 3.00. The highest BCUT2D eigenvalue weighted by molar-refractivity contribution is 5.90. The van der Waals surface area contributed by atoms with Gasteiger partial charge in [0.15, 0.2) is 0 Å². The predicted octanol–water partition coefficient (Wildman–Crippen LogP) is 1.31. The summed E-state index contributed by atoms with van der Waals surface area (Å²) in [4.78, 5) is 15.7. The second-order valence-corrected chi connectivity index (χ2v) is 4.36. The summed E-state index contributed by atoms with van der Waals surface area (Å²) in [7, 11) is 1.36. The number of carbonyl (C=O) groups is 1. The molecule has 0 radical (unpaired) electrons. The van der Waals surface area contributed by atoms with Crippen LogP contribution in [-0.2, 0) is 4.74 Å². The Morgan fingerprint density at radius 1 is 1.50 bits per heavy atom. The first-order valence-corrected chi connectivity index (χ1v) is 6.14. The van der Waals surface area contributed by atoms with Crippen LogP contribution in [0, 0.1) is 6.92 Å². The number of esters is 1. The first-order valence-electron chi connectivity index (χ1n) is 6.14. The van der Waals surface area contributed by atoms with Crippen molar-refractivity contribution < 1.29 is 14.3 Å². The van der Waals surface area contributed by atoms with E-state index < -0.39 is 0 Å². The molecule has 1 aliphatic rings. The summed E-state index contributed by atoms with van der Waals surface area (Å²) >= 11 is 0. The average molecular weight is 250 g/mol. The number of hydrogen-bond donors (Lipinski definition) is 1. The van der Waals surface area contributed by atoms with Crippen LogP contribution in [0.4, 0.5) is 0 Å². The largest absolute Gasteiger partial charge is 0.473 e. The Morgan fingerprint density at radius 3 is 2.94 bits per heavy atom. The lowest BCUT2D eigenvalue weighted by atomic mass is 10.1. The van der Waals surface area contributed by atoms with E-state index in [1.54, 1.807) is 19.1 Å². The van der Waals surface area contributed by atoms with Crippen molar-refractivity contribution >= 4 is 5.97 Å². The summed E-state index contributed by atoms with van der Waals surface area (Å²) in [5.41, 5.74) is 1.11. The summed E-state index contributed by atoms with van der Waals surface area (Å²) in [5, 5.41) is 3.28. The second-order valence-electron chi connectivity index (χ2n) is 4.36. The predicted molar refractivity (Wildman–Crippen MR) is 66.8 cm³/mol. The van der Waals surface area contributed by atoms with Crippen molar-refractivity contribution in [3.8, 4) is 5.88 Å². The van der Waals surface area contributed by atoms with Gasteiger partial charge in [0.05, 0.1) is 18.4 Å². The molecule has 0 spiro atoms. The van der Waals surface area contributed by atoms with E-state index in [2.05, 4.69) is 15.0 Å². The van der Waals surface area contributed by atoms with Gasteiger partial charge in [-0.15, -0.1) is 0 Å². The summed E-state index contributed by atoms with van der Waals surface area (Å²) in [5.74, 6) is 0.194. The number of nitrogens with zero attached hydrogens (tertiary/aromatic N) is 1. The molecule has 2 heterocycles. The molecule has 1 aromatic rings. The molecule has 98 valence electrons. The van der Waals surface area contributed by atoms with Crippen molar-refractivity contribution in [3.05, 3.63) is 23.4 Å². The van der Waals surface area contributed by atoms with Gasteiger partial charge in [0.25, 0.3) is 0 Å². The first-order chi connectivity index (χ1) is 8.70. The van der Waals surface area contributed by atoms with E-state index in [1.807, 2.05) is 0 Å². The Labute approximate surface area is 107 Å². The minimum atomic E-state index is -0.370. The molecule has 0 unspecified atom stereocenters. The maximum Gasteiger partial charge on any atom is 0.339 e. The minimum Gasteiger partial charge on any atom is -0.473 e. The molecule has 1 atom stereocenters. The van der Waals surface area contributed by atoms with Crippen LogP contribution < -0.4 is 10.1 Å². The Hall–Kier alpha value is -1.62. The number of ether oxygens (including phenoxy) is 2. The molecule has 1 N–H and O–H groups in total. The number of nitrogens with one attached hydrogen (secondary N) is 1. The van der Waals surface area contributed by atoms with Crippen LogP contribution >= 0.6 is 0 Å². The standard InChI is InChI=1S/C13H18N2O3/c1-9-11(13(16)17-2)5-6-12(15-9)18-10-4-3-7-14-8-10/h5-6,10,14H,3-4,7-8H2,1-2H3/t10-/m0/s1. The summed E-state index contributed by atoms with van der Waals surface area (Å²) in [6, 6.07) is 3.41. The van der Waals surface area contributed by atoms with Crippen molar-refractivity contribution in [1.29, 1.82) is 0 Å². The van der Waals surface area contributed by atoms with Crippen molar-refractivity contribution in [2.24, 2.45) is 0 Å². The summed E-state index contributed by atoms with van der Waals surface area (Å²) < 4.78 is 10.5. The molecule has 1 fully saturated rings. The molecule has 0 bridgehead atoms. The topological polar surface area (TPSA) is 60.5 Å². The molecular weight excluding hydrogens is 232 g/mol. The first kappa shape index (κ1) is 12.8. The fraction of sp³-hybridized carbons (Fsp3) is 0.538. The molecule has 0 aliphatic carbocycles. The minimum absolute atomic E-state index is 0.162. The maximum absolute atomic E-state index is 11.4. The molecular formula is C13H18N2O3. The summed E-state index contributed by atoms with van der Waals surface area (Å²) in [6.45, 7) is 3.67. The quantitative estimate of drug-likeness (QED) is 0.819. The van der Waals surface area contributed by atoms with Crippen LogP contribution in [0.3, 0.4) is 0 Å². The molecule has 5 heteroatoms. The van der Waals surface area contributed by atoms with Crippen molar-refractivity contribution in [3.63, 3.8) is 0 Å². The zero-order valence-corrected chi connectivity index (χ0v) is 10.7. The number of piperidine rings is 1. The molecule has 1 saturated heterocycles. The molecule has 18 heavy (non-hydrogen) atoms. The zero-order chi connectivity index (χ0) is 13.0. The molecule has 0 amide bonds. The Kier molecular flexibility index (Phi) is 4.15. The van der Waals surface area contributed by atoms with E-state index in [-0.39, 0.29) is 12.1 Å².